The predicted molar refractivity (Wildman–Crippen MR) is 74.0 cm³/mol. The second kappa shape index (κ2) is 5.71. The zero-order chi connectivity index (χ0) is 14.0. The van der Waals surface area contributed by atoms with Gasteiger partial charge in [-0.25, -0.2) is 9.78 Å². The number of hydrogen-bond donors (Lipinski definition) is 0. The number of aryl methyl sites for hydroxylation is 2. The molecule has 100 valence electrons. The number of esters is 1. The van der Waals surface area contributed by atoms with E-state index in [0.717, 1.165) is 10.2 Å². The van der Waals surface area contributed by atoms with Crippen LogP contribution in [0, 0.1) is 6.92 Å². The van der Waals surface area contributed by atoms with Crippen LogP contribution in [0.1, 0.15) is 21.7 Å². The molecule has 0 atom stereocenters. The largest absolute Gasteiger partial charge is 0.456 e. The molecule has 0 N–H and O–H groups in total. The molecule has 7 heteroatoms. The highest BCUT2D eigenvalue weighted by Crippen LogP contribution is 2.19. The topological polar surface area (TPSA) is 57.0 Å². The van der Waals surface area contributed by atoms with Crippen LogP contribution < -0.4 is 0 Å². The highest BCUT2D eigenvalue weighted by molar-refractivity contribution is 9.10. The Bertz CT molecular complexity index is 608. The summed E-state index contributed by atoms with van der Waals surface area (Å²) >= 11 is 9.20. The van der Waals surface area contributed by atoms with Gasteiger partial charge in [-0.05, 0) is 35.0 Å². The summed E-state index contributed by atoms with van der Waals surface area (Å²) in [5, 5.41) is 4.36. The van der Waals surface area contributed by atoms with Crippen molar-refractivity contribution in [1.29, 1.82) is 0 Å². The van der Waals surface area contributed by atoms with Crippen LogP contribution in [0.15, 0.2) is 22.8 Å². The van der Waals surface area contributed by atoms with E-state index in [9.17, 15) is 4.79 Å². The summed E-state index contributed by atoms with van der Waals surface area (Å²) in [6.45, 7) is 1.92. The first-order chi connectivity index (χ1) is 8.97. The van der Waals surface area contributed by atoms with E-state index in [1.54, 1.807) is 30.1 Å². The minimum atomic E-state index is -0.486. The molecule has 0 unspecified atom stereocenters. The first-order valence-electron chi connectivity index (χ1n) is 5.45. The number of hydrogen-bond acceptors (Lipinski definition) is 4. The standard InChI is InChI=1S/C12H11BrClN3O2/c1-7-3-10(16-17(7)2)12(18)19-6-8-4-9(13)5-15-11(8)14/h3-5H,6H2,1-2H3. The Morgan fingerprint density at radius 3 is 2.89 bits per heavy atom. The summed E-state index contributed by atoms with van der Waals surface area (Å²) in [6, 6.07) is 3.43. The highest BCUT2D eigenvalue weighted by Gasteiger charge is 2.13. The van der Waals surface area contributed by atoms with Crippen LogP contribution in [-0.2, 0) is 18.4 Å². The molecule has 0 radical (unpaired) electrons. The molecule has 0 saturated carbocycles. The van der Waals surface area contributed by atoms with Crippen molar-refractivity contribution in [1.82, 2.24) is 14.8 Å². The first-order valence-corrected chi connectivity index (χ1v) is 6.62. The Balaban J connectivity index is 2.06. The molecule has 2 heterocycles. The van der Waals surface area contributed by atoms with Gasteiger partial charge in [-0.2, -0.15) is 5.10 Å². The van der Waals surface area contributed by atoms with Crippen molar-refractivity contribution in [3.05, 3.63) is 44.9 Å². The number of pyridine rings is 1. The number of nitrogens with zero attached hydrogens (tertiary/aromatic N) is 3. The Morgan fingerprint density at radius 1 is 1.53 bits per heavy atom. The zero-order valence-electron chi connectivity index (χ0n) is 10.4. The lowest BCUT2D eigenvalue weighted by Gasteiger charge is -2.05. The van der Waals surface area contributed by atoms with Crippen LogP contribution in [0.5, 0.6) is 0 Å². The van der Waals surface area contributed by atoms with Crippen LogP contribution in [-0.4, -0.2) is 20.7 Å². The maximum Gasteiger partial charge on any atom is 0.359 e. The van der Waals surface area contributed by atoms with Crippen LogP contribution in [0.25, 0.3) is 0 Å². The Labute approximate surface area is 123 Å². The Morgan fingerprint density at radius 2 is 2.26 bits per heavy atom. The third kappa shape index (κ3) is 3.33. The second-order valence-electron chi connectivity index (χ2n) is 3.97. The normalized spacial score (nSPS) is 10.5. The lowest BCUT2D eigenvalue weighted by atomic mass is 10.3. The van der Waals surface area contributed by atoms with Gasteiger partial charge in [0.1, 0.15) is 11.8 Å². The molecule has 0 aromatic carbocycles. The lowest BCUT2D eigenvalue weighted by molar-refractivity contribution is 0.0464. The molecule has 2 aromatic heterocycles. The van der Waals surface area contributed by atoms with Crippen LogP contribution in [0.2, 0.25) is 5.15 Å². The fraction of sp³-hybridized carbons (Fsp3) is 0.250. The molecule has 19 heavy (non-hydrogen) atoms. The molecule has 0 bridgehead atoms. The van der Waals surface area contributed by atoms with E-state index < -0.39 is 5.97 Å². The van der Waals surface area contributed by atoms with Crippen molar-refractivity contribution in [2.24, 2.45) is 7.05 Å². The fourth-order valence-electron chi connectivity index (χ4n) is 1.44. The number of halogens is 2. The average molecular weight is 345 g/mol. The molecule has 0 saturated heterocycles. The molecule has 5 nitrogen and oxygen atoms in total. The SMILES string of the molecule is Cc1cc(C(=O)OCc2cc(Br)cnc2Cl)nn1C. The molecular weight excluding hydrogens is 334 g/mol. The number of carbonyl (C=O) groups is 1. The molecule has 0 amide bonds. The molecule has 0 aliphatic carbocycles. The third-order valence-corrected chi connectivity index (χ3v) is 3.33. The fourth-order valence-corrected chi connectivity index (χ4v) is 1.98. The molecule has 0 fully saturated rings. The van der Waals surface area contributed by atoms with E-state index in [1.165, 1.54) is 0 Å². The summed E-state index contributed by atoms with van der Waals surface area (Å²) in [5.41, 5.74) is 1.80. The number of aromatic nitrogens is 3. The Kier molecular flexibility index (Phi) is 4.21. The summed E-state index contributed by atoms with van der Waals surface area (Å²) < 4.78 is 7.55. The van der Waals surface area contributed by atoms with E-state index in [-0.39, 0.29) is 12.3 Å². The molecule has 0 aliphatic rings. The van der Waals surface area contributed by atoms with Gasteiger partial charge in [0.05, 0.1) is 0 Å². The van der Waals surface area contributed by atoms with Gasteiger partial charge in [0.15, 0.2) is 5.69 Å². The van der Waals surface area contributed by atoms with E-state index in [1.807, 2.05) is 6.92 Å². The van der Waals surface area contributed by atoms with Crippen molar-refractivity contribution in [3.8, 4) is 0 Å². The molecular formula is C12H11BrClN3O2. The van der Waals surface area contributed by atoms with Gasteiger partial charge >= 0.3 is 5.97 Å². The van der Waals surface area contributed by atoms with Gasteiger partial charge in [-0.3, -0.25) is 4.68 Å². The van der Waals surface area contributed by atoms with Crippen molar-refractivity contribution >= 4 is 33.5 Å². The lowest BCUT2D eigenvalue weighted by Crippen LogP contribution is -2.07. The first kappa shape index (κ1) is 14.0. The Hall–Kier alpha value is -1.40. The smallest absolute Gasteiger partial charge is 0.359 e. The quantitative estimate of drug-likeness (QED) is 0.634. The second-order valence-corrected chi connectivity index (χ2v) is 5.25. The van der Waals surface area contributed by atoms with Crippen molar-refractivity contribution in [2.45, 2.75) is 13.5 Å². The molecule has 0 aliphatic heterocycles. The van der Waals surface area contributed by atoms with Gasteiger partial charge in [-0.15, -0.1) is 0 Å². The van der Waals surface area contributed by atoms with Crippen LogP contribution in [0.4, 0.5) is 0 Å². The monoisotopic (exact) mass is 343 g/mol. The minimum absolute atomic E-state index is 0.0553. The summed E-state index contributed by atoms with van der Waals surface area (Å²) in [7, 11) is 1.77. The highest BCUT2D eigenvalue weighted by atomic mass is 79.9. The number of carbonyl (C=O) groups excluding carboxylic acids is 1. The van der Waals surface area contributed by atoms with Gasteiger partial charge < -0.3 is 4.74 Å². The van der Waals surface area contributed by atoms with Crippen molar-refractivity contribution in [3.63, 3.8) is 0 Å². The van der Waals surface area contributed by atoms with Gasteiger partial charge in [0, 0.05) is 29.0 Å². The van der Waals surface area contributed by atoms with E-state index in [4.69, 9.17) is 16.3 Å². The summed E-state index contributed by atoms with van der Waals surface area (Å²) in [4.78, 5) is 15.8. The van der Waals surface area contributed by atoms with E-state index >= 15 is 0 Å². The predicted octanol–water partition coefficient (Wildman–Crippen LogP) is 2.90. The van der Waals surface area contributed by atoms with Crippen molar-refractivity contribution in [2.75, 3.05) is 0 Å². The zero-order valence-corrected chi connectivity index (χ0v) is 12.7. The van der Waals surface area contributed by atoms with Gasteiger partial charge in [-0.1, -0.05) is 11.6 Å². The molecule has 0 spiro atoms. The van der Waals surface area contributed by atoms with E-state index in [0.29, 0.717) is 10.7 Å². The maximum absolute atomic E-state index is 11.8. The number of ether oxygens (including phenoxy) is 1. The third-order valence-electron chi connectivity index (χ3n) is 2.56. The summed E-state index contributed by atoms with van der Waals surface area (Å²) in [6.07, 6.45) is 1.58. The molecule has 2 rings (SSSR count). The van der Waals surface area contributed by atoms with Crippen LogP contribution in [0.3, 0.4) is 0 Å². The summed E-state index contributed by atoms with van der Waals surface area (Å²) in [5.74, 6) is -0.486. The maximum atomic E-state index is 11.8. The number of rotatable bonds is 3. The molecule has 2 aromatic rings. The van der Waals surface area contributed by atoms with Gasteiger partial charge in [0.25, 0.3) is 0 Å². The van der Waals surface area contributed by atoms with Gasteiger partial charge in [0.2, 0.25) is 0 Å². The van der Waals surface area contributed by atoms with Crippen molar-refractivity contribution < 1.29 is 9.53 Å². The minimum Gasteiger partial charge on any atom is -0.456 e. The average Bonchev–Trinajstić information content (AvgIpc) is 2.70. The van der Waals surface area contributed by atoms with Crippen LogP contribution >= 0.6 is 27.5 Å². The van der Waals surface area contributed by atoms with E-state index in [2.05, 4.69) is 26.0 Å².